The minimum Gasteiger partial charge on any atom is -0.493 e. The SMILES string of the molecule is COc1ccnc(CN2CCCC3(CCC(=O)N(CCCO)C3)C2)c1OC. The Labute approximate surface area is 161 Å². The number of pyridine rings is 1. The molecule has 150 valence electrons. The summed E-state index contributed by atoms with van der Waals surface area (Å²) in [6.45, 7) is 4.27. The van der Waals surface area contributed by atoms with Crippen LogP contribution in [0.25, 0.3) is 0 Å². The van der Waals surface area contributed by atoms with E-state index in [9.17, 15) is 4.79 Å². The molecule has 7 nitrogen and oxygen atoms in total. The van der Waals surface area contributed by atoms with Gasteiger partial charge in [0.15, 0.2) is 11.5 Å². The van der Waals surface area contributed by atoms with Crippen molar-refractivity contribution in [2.24, 2.45) is 5.41 Å². The van der Waals surface area contributed by atoms with E-state index in [-0.39, 0.29) is 17.9 Å². The number of ether oxygens (including phenoxy) is 2. The number of methoxy groups -OCH3 is 2. The maximum atomic E-state index is 12.2. The second-order valence-electron chi connectivity index (χ2n) is 7.70. The average molecular weight is 377 g/mol. The zero-order valence-electron chi connectivity index (χ0n) is 16.4. The van der Waals surface area contributed by atoms with Crippen LogP contribution in [0.2, 0.25) is 0 Å². The molecule has 1 unspecified atom stereocenters. The number of aliphatic hydroxyl groups excluding tert-OH is 1. The molecule has 1 amide bonds. The van der Waals surface area contributed by atoms with Crippen LogP contribution in [0.5, 0.6) is 11.5 Å². The maximum absolute atomic E-state index is 12.2. The molecule has 0 radical (unpaired) electrons. The van der Waals surface area contributed by atoms with Crippen LogP contribution >= 0.6 is 0 Å². The zero-order valence-corrected chi connectivity index (χ0v) is 16.4. The summed E-state index contributed by atoms with van der Waals surface area (Å²) in [5.74, 6) is 1.62. The van der Waals surface area contributed by atoms with Gasteiger partial charge < -0.3 is 19.5 Å². The van der Waals surface area contributed by atoms with Crippen molar-refractivity contribution >= 4 is 5.91 Å². The van der Waals surface area contributed by atoms with Gasteiger partial charge in [-0.1, -0.05) is 0 Å². The van der Waals surface area contributed by atoms with E-state index in [2.05, 4.69) is 9.88 Å². The van der Waals surface area contributed by atoms with E-state index in [1.165, 1.54) is 0 Å². The molecule has 0 aromatic carbocycles. The number of likely N-dealkylation sites (tertiary alicyclic amines) is 2. The van der Waals surface area contributed by atoms with E-state index in [0.717, 1.165) is 44.6 Å². The number of piperidine rings is 2. The molecule has 0 bridgehead atoms. The van der Waals surface area contributed by atoms with Crippen LogP contribution in [0.1, 0.15) is 37.8 Å². The van der Waals surface area contributed by atoms with E-state index < -0.39 is 0 Å². The van der Waals surface area contributed by atoms with Crippen molar-refractivity contribution in [1.82, 2.24) is 14.8 Å². The fourth-order valence-corrected chi connectivity index (χ4v) is 4.52. The number of nitrogens with zero attached hydrogens (tertiary/aromatic N) is 3. The van der Waals surface area contributed by atoms with Gasteiger partial charge in [0.05, 0.1) is 14.2 Å². The average Bonchev–Trinajstić information content (AvgIpc) is 2.69. The van der Waals surface area contributed by atoms with E-state index in [1.807, 2.05) is 11.0 Å². The fraction of sp³-hybridized carbons (Fsp3) is 0.700. The van der Waals surface area contributed by atoms with Gasteiger partial charge in [-0.2, -0.15) is 0 Å². The lowest BCUT2D eigenvalue weighted by Crippen LogP contribution is -2.54. The number of aromatic nitrogens is 1. The number of hydrogen-bond donors (Lipinski definition) is 1. The van der Waals surface area contributed by atoms with Gasteiger partial charge in [0, 0.05) is 56.9 Å². The molecule has 2 saturated heterocycles. The molecule has 1 atom stereocenters. The molecule has 2 aliphatic rings. The zero-order chi connectivity index (χ0) is 19.3. The predicted octanol–water partition coefficient (Wildman–Crippen LogP) is 1.69. The summed E-state index contributed by atoms with van der Waals surface area (Å²) in [5, 5.41) is 9.11. The first-order chi connectivity index (χ1) is 13.1. The van der Waals surface area contributed by atoms with E-state index in [1.54, 1.807) is 20.4 Å². The Hall–Kier alpha value is -1.86. The van der Waals surface area contributed by atoms with Crippen LogP contribution in [-0.2, 0) is 11.3 Å². The van der Waals surface area contributed by atoms with Gasteiger partial charge in [-0.3, -0.25) is 14.7 Å². The maximum Gasteiger partial charge on any atom is 0.222 e. The van der Waals surface area contributed by atoms with Crippen molar-refractivity contribution in [2.75, 3.05) is 47.0 Å². The van der Waals surface area contributed by atoms with Crippen molar-refractivity contribution in [3.8, 4) is 11.5 Å². The van der Waals surface area contributed by atoms with Crippen molar-refractivity contribution < 1.29 is 19.4 Å². The fourth-order valence-electron chi connectivity index (χ4n) is 4.52. The highest BCUT2D eigenvalue weighted by atomic mass is 16.5. The molecule has 1 N–H and O–H groups in total. The number of hydrogen-bond acceptors (Lipinski definition) is 6. The molecule has 1 aromatic heterocycles. The summed E-state index contributed by atoms with van der Waals surface area (Å²) >= 11 is 0. The van der Waals surface area contributed by atoms with Gasteiger partial charge in [0.25, 0.3) is 0 Å². The van der Waals surface area contributed by atoms with E-state index in [4.69, 9.17) is 14.6 Å². The lowest BCUT2D eigenvalue weighted by Gasteiger charge is -2.48. The molecule has 0 saturated carbocycles. The van der Waals surface area contributed by atoms with Gasteiger partial charge in [-0.05, 0) is 32.2 Å². The van der Waals surface area contributed by atoms with Crippen molar-refractivity contribution in [2.45, 2.75) is 38.6 Å². The third-order valence-electron chi connectivity index (χ3n) is 5.81. The Bertz CT molecular complexity index is 654. The highest BCUT2D eigenvalue weighted by molar-refractivity contribution is 5.77. The van der Waals surface area contributed by atoms with Crippen LogP contribution in [0.4, 0.5) is 0 Å². The summed E-state index contributed by atoms with van der Waals surface area (Å²) in [6, 6.07) is 1.81. The topological polar surface area (TPSA) is 75.1 Å². The van der Waals surface area contributed by atoms with Crippen LogP contribution < -0.4 is 9.47 Å². The van der Waals surface area contributed by atoms with E-state index >= 15 is 0 Å². The molecule has 7 heteroatoms. The first-order valence-corrected chi connectivity index (χ1v) is 9.77. The lowest BCUT2D eigenvalue weighted by atomic mass is 9.73. The first kappa shape index (κ1) is 19.9. The summed E-state index contributed by atoms with van der Waals surface area (Å²) in [7, 11) is 3.28. The highest BCUT2D eigenvalue weighted by Crippen LogP contribution is 2.40. The Morgan fingerprint density at radius 1 is 1.26 bits per heavy atom. The molecule has 2 aliphatic heterocycles. The standard InChI is InChI=1S/C20H31N3O4/c1-26-17-6-9-21-16(19(17)27-2)13-22-10-3-7-20(14-22)8-5-18(25)23(15-20)11-4-12-24/h6,9,24H,3-5,7-8,10-15H2,1-2H3. The van der Waals surface area contributed by atoms with Crippen LogP contribution in [0.15, 0.2) is 12.3 Å². The third-order valence-corrected chi connectivity index (χ3v) is 5.81. The van der Waals surface area contributed by atoms with Gasteiger partial charge in [0.2, 0.25) is 5.91 Å². The third kappa shape index (κ3) is 4.52. The second kappa shape index (κ2) is 8.89. The molecule has 3 rings (SSSR count). The summed E-state index contributed by atoms with van der Waals surface area (Å²) < 4.78 is 10.9. The molecule has 1 spiro atoms. The molecule has 0 aliphatic carbocycles. The quantitative estimate of drug-likeness (QED) is 0.779. The minimum absolute atomic E-state index is 0.129. The van der Waals surface area contributed by atoms with Gasteiger partial charge in [-0.25, -0.2) is 0 Å². The van der Waals surface area contributed by atoms with Crippen molar-refractivity contribution in [1.29, 1.82) is 0 Å². The molecular weight excluding hydrogens is 346 g/mol. The molecular formula is C20H31N3O4. The normalized spacial score (nSPS) is 23.7. The molecule has 27 heavy (non-hydrogen) atoms. The smallest absolute Gasteiger partial charge is 0.222 e. The summed E-state index contributed by atoms with van der Waals surface area (Å²) in [5.41, 5.74) is 1.03. The van der Waals surface area contributed by atoms with Crippen LogP contribution in [-0.4, -0.2) is 72.8 Å². The van der Waals surface area contributed by atoms with Crippen molar-refractivity contribution in [3.63, 3.8) is 0 Å². The highest BCUT2D eigenvalue weighted by Gasteiger charge is 2.41. The van der Waals surface area contributed by atoms with Gasteiger partial charge in [-0.15, -0.1) is 0 Å². The number of rotatable bonds is 7. The lowest BCUT2D eigenvalue weighted by molar-refractivity contribution is -0.139. The number of carbonyl (C=O) groups is 1. The Morgan fingerprint density at radius 2 is 2.11 bits per heavy atom. The van der Waals surface area contributed by atoms with Gasteiger partial charge in [0.1, 0.15) is 5.69 Å². The molecule has 3 heterocycles. The molecule has 1 aromatic rings. The Balaban J connectivity index is 1.70. The largest absolute Gasteiger partial charge is 0.493 e. The second-order valence-corrected chi connectivity index (χ2v) is 7.70. The van der Waals surface area contributed by atoms with Crippen LogP contribution in [0, 0.1) is 5.41 Å². The Morgan fingerprint density at radius 3 is 2.85 bits per heavy atom. The number of carbonyl (C=O) groups excluding carboxylic acids is 1. The first-order valence-electron chi connectivity index (χ1n) is 9.77. The monoisotopic (exact) mass is 377 g/mol. The van der Waals surface area contributed by atoms with Crippen LogP contribution in [0.3, 0.4) is 0 Å². The van der Waals surface area contributed by atoms with Crippen molar-refractivity contribution in [3.05, 3.63) is 18.0 Å². The summed E-state index contributed by atoms with van der Waals surface area (Å²) in [6.07, 6.45) is 6.23. The number of amides is 1. The number of aliphatic hydroxyl groups is 1. The predicted molar refractivity (Wildman–Crippen MR) is 102 cm³/mol. The van der Waals surface area contributed by atoms with Gasteiger partial charge >= 0.3 is 0 Å². The molecule has 2 fully saturated rings. The Kier molecular flexibility index (Phi) is 6.55. The minimum atomic E-state index is 0.129. The summed E-state index contributed by atoms with van der Waals surface area (Å²) in [4.78, 5) is 21.1. The van der Waals surface area contributed by atoms with E-state index in [0.29, 0.717) is 37.4 Å².